The summed E-state index contributed by atoms with van der Waals surface area (Å²) in [5, 5.41) is 20.8. The van der Waals surface area contributed by atoms with E-state index in [-0.39, 0.29) is 19.3 Å². The fourth-order valence-corrected chi connectivity index (χ4v) is 14.1. The van der Waals surface area contributed by atoms with Crippen molar-refractivity contribution >= 4 is 33.6 Å². The van der Waals surface area contributed by atoms with E-state index in [1.807, 2.05) is 0 Å². The van der Waals surface area contributed by atoms with E-state index < -0.39 is 91.5 Å². The second-order valence-electron chi connectivity index (χ2n) is 31.4. The Labute approximate surface area is 749 Å². The van der Waals surface area contributed by atoms with Crippen LogP contribution < -0.4 is 0 Å². The van der Waals surface area contributed by atoms with E-state index in [0.717, 1.165) is 225 Å². The summed E-state index contributed by atoms with van der Waals surface area (Å²) >= 11 is 0. The number of allylic oxidation sites excluding steroid dienone is 36. The van der Waals surface area contributed by atoms with Crippen molar-refractivity contribution in [3.63, 3.8) is 0 Å². The van der Waals surface area contributed by atoms with Gasteiger partial charge in [-0.25, -0.2) is 9.13 Å². The molecular formula is C105H172O16P2. The molecule has 4 N–H and O–H groups in total. The van der Waals surface area contributed by atoms with Crippen LogP contribution in [0.4, 0.5) is 0 Å². The lowest BCUT2D eigenvalue weighted by atomic mass is 10.0. The Kier molecular flexibility index (Phi) is 90.3. The highest BCUT2D eigenvalue weighted by Crippen LogP contribution is 2.45. The highest BCUT2D eigenvalue weighted by atomic mass is 31.2. The minimum Gasteiger partial charge on any atom is -0.463 e. The number of phosphoric acid groups is 2. The van der Waals surface area contributed by atoms with Crippen LogP contribution in [0.3, 0.4) is 0 Å². The first-order valence-corrected chi connectivity index (χ1v) is 51.0. The van der Waals surface area contributed by atoms with Gasteiger partial charge < -0.3 is 34.2 Å². The lowest BCUT2D eigenvalue weighted by Crippen LogP contribution is -2.30. The molecule has 0 radical (unpaired) electrons. The number of rotatable bonds is 89. The van der Waals surface area contributed by atoms with Crippen molar-refractivity contribution in [2.24, 2.45) is 0 Å². The zero-order valence-electron chi connectivity index (χ0n) is 77.0. The van der Waals surface area contributed by atoms with E-state index >= 15 is 0 Å². The molecule has 0 aliphatic heterocycles. The lowest BCUT2D eigenvalue weighted by Gasteiger charge is -2.21. The number of hydrogen-bond acceptors (Lipinski definition) is 14. The molecule has 698 valence electrons. The van der Waals surface area contributed by atoms with Crippen LogP contribution in [-0.2, 0) is 55.8 Å². The summed E-state index contributed by atoms with van der Waals surface area (Å²) in [6, 6.07) is 0. The minimum atomic E-state index is -4.96. The van der Waals surface area contributed by atoms with Crippen LogP contribution in [0.25, 0.3) is 0 Å². The van der Waals surface area contributed by atoms with Gasteiger partial charge >= 0.3 is 33.6 Å². The fraction of sp³-hybridized carbons (Fsp3) is 0.629. The number of carbonyl (C=O) groups is 3. The van der Waals surface area contributed by atoms with Crippen LogP contribution in [0, 0.1) is 0 Å². The fourth-order valence-electron chi connectivity index (χ4n) is 12.5. The van der Waals surface area contributed by atoms with Gasteiger partial charge in [0.25, 0.3) is 0 Å². The number of carbonyl (C=O) groups excluding carboxylic acids is 3. The first-order chi connectivity index (χ1) is 60.2. The maximum Gasteiger partial charge on any atom is 0.472 e. The third-order valence-corrected chi connectivity index (χ3v) is 21.6. The minimum absolute atomic E-state index is 0.0853. The van der Waals surface area contributed by atoms with E-state index in [0.29, 0.717) is 19.3 Å². The smallest absolute Gasteiger partial charge is 0.463 e. The van der Waals surface area contributed by atoms with Gasteiger partial charge in [-0.3, -0.25) is 32.5 Å². The van der Waals surface area contributed by atoms with Crippen LogP contribution in [0.15, 0.2) is 219 Å². The quantitative estimate of drug-likeness (QED) is 0.0146. The van der Waals surface area contributed by atoms with Crippen molar-refractivity contribution in [2.45, 2.75) is 386 Å². The molecule has 0 aliphatic carbocycles. The summed E-state index contributed by atoms with van der Waals surface area (Å²) in [5.41, 5.74) is 0. The molecule has 16 nitrogen and oxygen atoms in total. The zero-order valence-corrected chi connectivity index (χ0v) is 78.8. The molecule has 0 amide bonds. The molecule has 0 heterocycles. The number of unbranched alkanes of at least 4 members (excludes halogenated alkanes) is 30. The Morgan fingerprint density at radius 3 is 0.642 bits per heavy atom. The molecule has 0 rings (SSSR count). The second kappa shape index (κ2) is 95.0. The molecule has 0 aromatic rings. The van der Waals surface area contributed by atoms with Crippen molar-refractivity contribution in [3.05, 3.63) is 219 Å². The molecule has 0 spiro atoms. The summed E-state index contributed by atoms with van der Waals surface area (Å²) in [4.78, 5) is 59.1. The SMILES string of the molecule is CC/C=C\C/C=C\C/C=C\C/C=C\C/C=C\C/C=C\CCCCCCCCCCCCCCC(=O)OCC(O)COP(=O)(O)OCC(O)COP(=O)(O)OCC(COC(=O)CCCCCCCCCCCC/C=C\C/C=C\C/C=C\C/C=C\C/C=C\C/C=C\CC)OC(=O)CCCCCCCCCC/C=C\C/C=C\C/C=C\C/C=C\C/C=C\C/C=C\CC. The van der Waals surface area contributed by atoms with Crippen molar-refractivity contribution in [2.75, 3.05) is 39.6 Å². The molecule has 0 fully saturated rings. The number of phosphoric ester groups is 2. The average molecular weight is 1750 g/mol. The first-order valence-electron chi connectivity index (χ1n) is 48.0. The standard InChI is InChI=1S/C105H172O16P2/c1-4-7-10-13-16-19-22-25-28-31-34-37-40-43-46-48-49-51-54-55-58-61-64-67-70-73-76-79-82-85-88-91-103(108)115-94-100(106)95-117-122(111,112)118-96-101(107)97-119-123(113,114)120-99-102(121-105(110)93-90-87-84-81-78-75-72-69-66-63-60-57-52-45-42-39-36-33-30-27-24-21-18-15-12-9-6-3)98-116-104(109)92-89-86-83-80-77-74-71-68-65-62-59-56-53-50-47-44-41-38-35-32-29-26-23-20-17-14-11-8-5-2/h7-12,16-21,25-30,34-39,43-47,49,51-53,56,60,63,100-102,106-107H,4-6,13-15,22-24,31-33,40-42,48,50,54-55,57-59,61-62,64-99H2,1-3H3,(H,111,112)(H,113,114)/b10-7-,11-8-,12-9-,19-16-,20-17-,21-18-,28-25-,29-26-,30-27-,37-34-,38-35-,39-36-,46-43-,47-44-,51-49-,52-45-,56-53-,63-60-. The molecule has 5 unspecified atom stereocenters. The Bertz CT molecular complexity index is 3120. The van der Waals surface area contributed by atoms with Crippen LogP contribution in [0.1, 0.15) is 367 Å². The van der Waals surface area contributed by atoms with Gasteiger partial charge in [0.2, 0.25) is 0 Å². The maximum absolute atomic E-state index is 13.1. The van der Waals surface area contributed by atoms with Gasteiger partial charge in [-0.2, -0.15) is 0 Å². The lowest BCUT2D eigenvalue weighted by molar-refractivity contribution is -0.161. The Morgan fingerprint density at radius 1 is 0.228 bits per heavy atom. The predicted molar refractivity (Wildman–Crippen MR) is 518 cm³/mol. The van der Waals surface area contributed by atoms with Gasteiger partial charge in [0.05, 0.1) is 26.4 Å². The van der Waals surface area contributed by atoms with E-state index in [4.69, 9.17) is 32.3 Å². The van der Waals surface area contributed by atoms with Crippen molar-refractivity contribution < 1.29 is 75.8 Å². The number of aliphatic hydroxyl groups is 2. The molecule has 0 bridgehead atoms. The van der Waals surface area contributed by atoms with E-state index in [1.165, 1.54) is 83.5 Å². The van der Waals surface area contributed by atoms with Gasteiger partial charge in [0, 0.05) is 19.3 Å². The number of ether oxygens (including phenoxy) is 3. The molecule has 0 aliphatic rings. The third kappa shape index (κ3) is 96.4. The van der Waals surface area contributed by atoms with E-state index in [2.05, 4.69) is 240 Å². The van der Waals surface area contributed by atoms with E-state index in [1.54, 1.807) is 0 Å². The van der Waals surface area contributed by atoms with Crippen LogP contribution in [0.5, 0.6) is 0 Å². The monoisotopic (exact) mass is 1750 g/mol. The number of aliphatic hydroxyl groups excluding tert-OH is 2. The number of esters is 3. The molecule has 0 saturated heterocycles. The molecule has 123 heavy (non-hydrogen) atoms. The normalized spacial score (nSPS) is 14.7. The second-order valence-corrected chi connectivity index (χ2v) is 34.3. The Balaban J connectivity index is 4.69. The summed E-state index contributed by atoms with van der Waals surface area (Å²) in [5.74, 6) is -1.59. The molecule has 0 aromatic carbocycles. The van der Waals surface area contributed by atoms with Gasteiger partial charge in [-0.15, -0.1) is 0 Å². The summed E-state index contributed by atoms with van der Waals surface area (Å²) in [7, 11) is -9.83. The van der Waals surface area contributed by atoms with Crippen molar-refractivity contribution in [3.8, 4) is 0 Å². The Hall–Kier alpha value is -6.13. The topological polar surface area (TPSA) is 231 Å². The molecule has 0 saturated carbocycles. The van der Waals surface area contributed by atoms with Gasteiger partial charge in [0.15, 0.2) is 6.10 Å². The molecule has 5 atom stereocenters. The Morgan fingerprint density at radius 2 is 0.407 bits per heavy atom. The first kappa shape index (κ1) is 117. The molecule has 0 aromatic heterocycles. The average Bonchev–Trinajstić information content (AvgIpc) is 0.891. The highest BCUT2D eigenvalue weighted by Gasteiger charge is 2.30. The zero-order chi connectivity index (χ0) is 89.3. The maximum atomic E-state index is 13.1. The van der Waals surface area contributed by atoms with Crippen molar-refractivity contribution in [1.29, 1.82) is 0 Å². The highest BCUT2D eigenvalue weighted by molar-refractivity contribution is 7.47. The summed E-state index contributed by atoms with van der Waals surface area (Å²) in [6.45, 7) is 2.35. The molecular weight excluding hydrogens is 1580 g/mol. The number of hydrogen-bond donors (Lipinski definition) is 4. The van der Waals surface area contributed by atoms with Gasteiger partial charge in [-0.05, 0) is 173 Å². The van der Waals surface area contributed by atoms with E-state index in [9.17, 15) is 43.5 Å². The van der Waals surface area contributed by atoms with Crippen LogP contribution >= 0.6 is 15.6 Å². The third-order valence-electron chi connectivity index (χ3n) is 19.7. The van der Waals surface area contributed by atoms with Gasteiger partial charge in [0.1, 0.15) is 25.4 Å². The summed E-state index contributed by atoms with van der Waals surface area (Å²) in [6.07, 6.45) is 130. The predicted octanol–water partition coefficient (Wildman–Crippen LogP) is 30.1. The summed E-state index contributed by atoms with van der Waals surface area (Å²) < 4.78 is 61.6. The van der Waals surface area contributed by atoms with Gasteiger partial charge in [-0.1, -0.05) is 394 Å². The largest absolute Gasteiger partial charge is 0.472 e. The van der Waals surface area contributed by atoms with Crippen LogP contribution in [0.2, 0.25) is 0 Å². The van der Waals surface area contributed by atoms with Crippen LogP contribution in [-0.4, -0.2) is 95.9 Å². The van der Waals surface area contributed by atoms with Crippen molar-refractivity contribution in [1.82, 2.24) is 0 Å². The molecule has 18 heteroatoms.